The molecule has 0 fully saturated rings. The van der Waals surface area contributed by atoms with E-state index in [0.29, 0.717) is 0 Å². The van der Waals surface area contributed by atoms with Gasteiger partial charge in [-0.05, 0) is 97.2 Å². The third kappa shape index (κ3) is 4.32. The number of rotatable bonds is 4. The Bertz CT molecular complexity index is 3000. The van der Waals surface area contributed by atoms with E-state index in [9.17, 15) is 0 Å². The highest BCUT2D eigenvalue weighted by atomic mass is 32.1. The minimum atomic E-state index is -0.0983. The second kappa shape index (κ2) is 11.3. The predicted molar refractivity (Wildman–Crippen MR) is 232 cm³/mol. The van der Waals surface area contributed by atoms with Gasteiger partial charge in [0, 0.05) is 47.9 Å². The standard InChI is InChI=1S/C52H39NS/c1-51(2)43-20-10-8-16-40(43)49-44(51)21-12-22-46(49)53(35-28-29-39-38-15-7-9-19-42(38)52(3,4)45(39)31-35)34-26-23-33(24-27-34)37-17-11-18-41-48-36-14-6-5-13-32(36)25-30-47(48)54-50(37)41/h5-31H,1-4H3. The van der Waals surface area contributed by atoms with Crippen LogP contribution in [0.5, 0.6) is 0 Å². The maximum Gasteiger partial charge on any atom is 0.0543 e. The van der Waals surface area contributed by atoms with Crippen LogP contribution in [0, 0.1) is 0 Å². The molecule has 54 heavy (non-hydrogen) atoms. The molecule has 1 nitrogen and oxygen atoms in total. The predicted octanol–water partition coefficient (Wildman–Crippen LogP) is 15.0. The van der Waals surface area contributed by atoms with Crippen molar-refractivity contribution in [3.63, 3.8) is 0 Å². The summed E-state index contributed by atoms with van der Waals surface area (Å²) < 4.78 is 2.68. The Kier molecular flexibility index (Phi) is 6.59. The fourth-order valence-electron chi connectivity index (χ4n) is 9.77. The van der Waals surface area contributed by atoms with E-state index >= 15 is 0 Å². The number of benzene rings is 8. The van der Waals surface area contributed by atoms with Crippen molar-refractivity contribution in [3.05, 3.63) is 186 Å². The first kappa shape index (κ1) is 31.6. The largest absolute Gasteiger partial charge is 0.310 e. The van der Waals surface area contributed by atoms with Crippen LogP contribution in [-0.4, -0.2) is 0 Å². The van der Waals surface area contributed by atoms with Gasteiger partial charge in [0.15, 0.2) is 0 Å². The zero-order chi connectivity index (χ0) is 36.3. The second-order valence-electron chi connectivity index (χ2n) is 16.1. The zero-order valence-corrected chi connectivity index (χ0v) is 31.8. The normalized spacial score (nSPS) is 14.6. The van der Waals surface area contributed by atoms with E-state index in [4.69, 9.17) is 0 Å². The van der Waals surface area contributed by atoms with Gasteiger partial charge in [-0.1, -0.05) is 155 Å². The van der Waals surface area contributed by atoms with E-state index in [1.165, 1.54) is 98.0 Å². The average molecular weight is 710 g/mol. The van der Waals surface area contributed by atoms with Crippen molar-refractivity contribution in [1.82, 2.24) is 0 Å². The molecule has 11 rings (SSSR count). The van der Waals surface area contributed by atoms with E-state index in [1.807, 2.05) is 11.3 Å². The van der Waals surface area contributed by atoms with Crippen LogP contribution in [0.15, 0.2) is 164 Å². The molecule has 1 aromatic heterocycles. The molecule has 0 saturated carbocycles. The molecule has 2 aliphatic carbocycles. The van der Waals surface area contributed by atoms with Crippen LogP contribution in [0.25, 0.3) is 64.3 Å². The van der Waals surface area contributed by atoms with Crippen LogP contribution < -0.4 is 4.90 Å². The SMILES string of the molecule is CC1(C)c2ccccc2-c2ccc(N(c3ccc(-c4cccc5c4sc4ccc6ccccc6c45)cc3)c3cccc4c3-c3ccccc3C4(C)C)cc21. The van der Waals surface area contributed by atoms with Gasteiger partial charge in [0.25, 0.3) is 0 Å². The van der Waals surface area contributed by atoms with Gasteiger partial charge < -0.3 is 4.90 Å². The summed E-state index contributed by atoms with van der Waals surface area (Å²) >= 11 is 1.90. The van der Waals surface area contributed by atoms with Crippen LogP contribution in [0.1, 0.15) is 49.9 Å². The number of hydrogen-bond acceptors (Lipinski definition) is 2. The molecule has 0 unspecified atom stereocenters. The van der Waals surface area contributed by atoms with Gasteiger partial charge >= 0.3 is 0 Å². The van der Waals surface area contributed by atoms with Crippen LogP contribution >= 0.6 is 11.3 Å². The Labute approximate surface area is 320 Å². The van der Waals surface area contributed by atoms with Crippen LogP contribution in [0.4, 0.5) is 17.1 Å². The second-order valence-corrected chi connectivity index (χ2v) is 17.1. The van der Waals surface area contributed by atoms with Gasteiger partial charge in [0.1, 0.15) is 0 Å². The van der Waals surface area contributed by atoms with E-state index in [2.05, 4.69) is 196 Å². The smallest absolute Gasteiger partial charge is 0.0543 e. The number of fused-ring (bicyclic) bond motifs is 11. The summed E-state index contributed by atoms with van der Waals surface area (Å²) in [7, 11) is 0. The molecule has 0 radical (unpaired) electrons. The molecule has 0 amide bonds. The lowest BCUT2D eigenvalue weighted by molar-refractivity contribution is 0.660. The third-order valence-corrected chi connectivity index (χ3v) is 13.7. The van der Waals surface area contributed by atoms with E-state index in [1.54, 1.807) is 0 Å². The number of hydrogen-bond donors (Lipinski definition) is 0. The first-order valence-electron chi connectivity index (χ1n) is 19.0. The summed E-state index contributed by atoms with van der Waals surface area (Å²) in [6.07, 6.45) is 0. The lowest BCUT2D eigenvalue weighted by Gasteiger charge is -2.30. The highest BCUT2D eigenvalue weighted by Crippen LogP contribution is 2.56. The van der Waals surface area contributed by atoms with Crippen molar-refractivity contribution in [2.45, 2.75) is 38.5 Å². The van der Waals surface area contributed by atoms with Gasteiger partial charge in [-0.15, -0.1) is 11.3 Å². The fourth-order valence-corrected chi connectivity index (χ4v) is 11.0. The summed E-state index contributed by atoms with van der Waals surface area (Å²) in [5, 5.41) is 5.31. The Balaban J connectivity index is 1.10. The molecule has 0 N–H and O–H groups in total. The molecule has 0 saturated heterocycles. The topological polar surface area (TPSA) is 3.24 Å². The van der Waals surface area contributed by atoms with Crippen molar-refractivity contribution in [1.29, 1.82) is 0 Å². The number of nitrogens with zero attached hydrogens (tertiary/aromatic N) is 1. The van der Waals surface area contributed by atoms with Crippen molar-refractivity contribution >= 4 is 59.3 Å². The molecular formula is C52H39NS. The highest BCUT2D eigenvalue weighted by molar-refractivity contribution is 7.26. The molecule has 2 aliphatic rings. The lowest BCUT2D eigenvalue weighted by Crippen LogP contribution is -2.17. The Morgan fingerprint density at radius 3 is 1.89 bits per heavy atom. The van der Waals surface area contributed by atoms with Crippen molar-refractivity contribution < 1.29 is 0 Å². The molecule has 0 spiro atoms. The maximum absolute atomic E-state index is 2.51. The summed E-state index contributed by atoms with van der Waals surface area (Å²) in [6.45, 7) is 9.48. The monoisotopic (exact) mass is 709 g/mol. The number of thiophene rings is 1. The molecule has 0 bridgehead atoms. The molecule has 8 aromatic carbocycles. The molecule has 2 heteroatoms. The summed E-state index contributed by atoms with van der Waals surface area (Å²) in [5.74, 6) is 0. The lowest BCUT2D eigenvalue weighted by atomic mass is 9.82. The molecule has 9 aromatic rings. The van der Waals surface area contributed by atoms with E-state index < -0.39 is 0 Å². The minimum Gasteiger partial charge on any atom is -0.310 e. The first-order valence-corrected chi connectivity index (χ1v) is 19.8. The number of anilines is 3. The van der Waals surface area contributed by atoms with Crippen LogP contribution in [-0.2, 0) is 10.8 Å². The van der Waals surface area contributed by atoms with Gasteiger partial charge in [-0.3, -0.25) is 0 Å². The van der Waals surface area contributed by atoms with Crippen LogP contribution in [0.3, 0.4) is 0 Å². The van der Waals surface area contributed by atoms with Crippen molar-refractivity contribution in [2.75, 3.05) is 4.90 Å². The summed E-state index contributed by atoms with van der Waals surface area (Å²) in [4.78, 5) is 2.51. The summed E-state index contributed by atoms with van der Waals surface area (Å²) in [5.41, 5.74) is 16.7. The molecule has 258 valence electrons. The molecule has 1 heterocycles. The van der Waals surface area contributed by atoms with Crippen LogP contribution in [0.2, 0.25) is 0 Å². The van der Waals surface area contributed by atoms with Gasteiger partial charge in [-0.25, -0.2) is 0 Å². The summed E-state index contributed by atoms with van der Waals surface area (Å²) in [6, 6.07) is 61.4. The average Bonchev–Trinajstić information content (AvgIpc) is 3.79. The molecular weight excluding hydrogens is 671 g/mol. The molecule has 0 aliphatic heterocycles. The maximum atomic E-state index is 2.51. The van der Waals surface area contributed by atoms with Gasteiger partial charge in [0.2, 0.25) is 0 Å². The quantitative estimate of drug-likeness (QED) is 0.176. The third-order valence-electron chi connectivity index (χ3n) is 12.5. The van der Waals surface area contributed by atoms with E-state index in [0.717, 1.165) is 5.69 Å². The Morgan fingerprint density at radius 1 is 0.444 bits per heavy atom. The zero-order valence-electron chi connectivity index (χ0n) is 30.9. The Morgan fingerprint density at radius 2 is 1.06 bits per heavy atom. The van der Waals surface area contributed by atoms with E-state index in [-0.39, 0.29) is 10.8 Å². The highest BCUT2D eigenvalue weighted by Gasteiger charge is 2.39. The first-order chi connectivity index (χ1) is 26.3. The van der Waals surface area contributed by atoms with Gasteiger partial charge in [0.05, 0.1) is 5.69 Å². The van der Waals surface area contributed by atoms with Crippen molar-refractivity contribution in [2.24, 2.45) is 0 Å². The molecule has 0 atom stereocenters. The fraction of sp³-hybridized carbons (Fsp3) is 0.115. The van der Waals surface area contributed by atoms with Crippen molar-refractivity contribution in [3.8, 4) is 33.4 Å². The van der Waals surface area contributed by atoms with Gasteiger partial charge in [-0.2, -0.15) is 0 Å². The Hall–Kier alpha value is -5.96. The minimum absolute atomic E-state index is 0.0900.